The first kappa shape index (κ1) is 12.5. The number of carbonyl (C=O) groups is 1. The summed E-state index contributed by atoms with van der Waals surface area (Å²) in [5.74, 6) is 1.64. The average molecular weight is 212 g/mol. The lowest BCUT2D eigenvalue weighted by molar-refractivity contribution is -0.150. The van der Waals surface area contributed by atoms with Gasteiger partial charge in [-0.05, 0) is 37.5 Å². The van der Waals surface area contributed by atoms with Gasteiger partial charge < -0.3 is 4.74 Å². The molecule has 0 amide bonds. The summed E-state index contributed by atoms with van der Waals surface area (Å²) in [7, 11) is 0. The lowest BCUT2D eigenvalue weighted by atomic mass is 9.79. The molecule has 0 heterocycles. The van der Waals surface area contributed by atoms with E-state index >= 15 is 0 Å². The molecule has 1 rings (SSSR count). The summed E-state index contributed by atoms with van der Waals surface area (Å²) in [6.07, 6.45) is 6.59. The Bertz CT molecular complexity index is 193. The van der Waals surface area contributed by atoms with Crippen molar-refractivity contribution in [3.8, 4) is 0 Å². The van der Waals surface area contributed by atoms with E-state index in [9.17, 15) is 4.79 Å². The van der Waals surface area contributed by atoms with Crippen LogP contribution in [0.25, 0.3) is 0 Å². The number of ether oxygens (including phenoxy) is 1. The van der Waals surface area contributed by atoms with Crippen LogP contribution in [0.15, 0.2) is 0 Å². The van der Waals surface area contributed by atoms with Gasteiger partial charge in [0.2, 0.25) is 0 Å². The molecule has 0 aliphatic heterocycles. The molecule has 0 N–H and O–H groups in total. The Morgan fingerprint density at radius 2 is 1.87 bits per heavy atom. The zero-order valence-electron chi connectivity index (χ0n) is 10.3. The maximum Gasteiger partial charge on any atom is 0.305 e. The third kappa shape index (κ3) is 3.84. The number of rotatable bonds is 4. The maximum absolute atomic E-state index is 11.1. The quantitative estimate of drug-likeness (QED) is 0.666. The fraction of sp³-hybridized carbons (Fsp3) is 0.923. The number of hydrogen-bond acceptors (Lipinski definition) is 2. The highest BCUT2D eigenvalue weighted by atomic mass is 16.5. The van der Waals surface area contributed by atoms with Gasteiger partial charge in [-0.25, -0.2) is 0 Å². The highest BCUT2D eigenvalue weighted by Crippen LogP contribution is 2.32. The molecule has 1 atom stereocenters. The van der Waals surface area contributed by atoms with Gasteiger partial charge in [-0.15, -0.1) is 0 Å². The first-order chi connectivity index (χ1) is 7.17. The van der Waals surface area contributed by atoms with Crippen molar-refractivity contribution in [1.82, 2.24) is 0 Å². The molecular weight excluding hydrogens is 188 g/mol. The van der Waals surface area contributed by atoms with E-state index in [1.54, 1.807) is 0 Å². The van der Waals surface area contributed by atoms with Crippen molar-refractivity contribution in [2.75, 3.05) is 0 Å². The Hall–Kier alpha value is -0.530. The molecule has 2 nitrogen and oxygen atoms in total. The van der Waals surface area contributed by atoms with Crippen molar-refractivity contribution in [2.45, 2.75) is 65.4 Å². The molecule has 0 spiro atoms. The molecule has 0 aromatic rings. The Balaban J connectivity index is 2.26. The summed E-state index contributed by atoms with van der Waals surface area (Å²) in [4.78, 5) is 11.1. The van der Waals surface area contributed by atoms with Gasteiger partial charge >= 0.3 is 5.97 Å². The average Bonchev–Trinajstić information content (AvgIpc) is 2.29. The van der Waals surface area contributed by atoms with Crippen molar-refractivity contribution in [3.63, 3.8) is 0 Å². The standard InChI is InChI=1S/C13H24O2/c1-4-10(3)11-6-8-12(9-7-11)15-13(14)5-2/h10-12H,4-9H2,1-3H3/t10-,11?,12?/m0/s1. The maximum atomic E-state index is 11.1. The van der Waals surface area contributed by atoms with Crippen molar-refractivity contribution >= 4 is 5.97 Å². The summed E-state index contributed by atoms with van der Waals surface area (Å²) in [6, 6.07) is 0. The van der Waals surface area contributed by atoms with Crippen LogP contribution in [0.1, 0.15) is 59.3 Å². The van der Waals surface area contributed by atoms with Crippen LogP contribution in [0.5, 0.6) is 0 Å². The predicted molar refractivity (Wildman–Crippen MR) is 61.6 cm³/mol. The Labute approximate surface area is 93.4 Å². The molecule has 0 aromatic carbocycles. The van der Waals surface area contributed by atoms with Gasteiger partial charge in [-0.2, -0.15) is 0 Å². The third-order valence-electron chi connectivity index (χ3n) is 3.75. The van der Waals surface area contributed by atoms with E-state index in [1.165, 1.54) is 19.3 Å². The molecule has 2 heteroatoms. The Morgan fingerprint density at radius 1 is 1.27 bits per heavy atom. The normalized spacial score (nSPS) is 28.5. The van der Waals surface area contributed by atoms with E-state index in [0.29, 0.717) is 6.42 Å². The second-order valence-corrected chi connectivity index (χ2v) is 4.77. The van der Waals surface area contributed by atoms with Crippen LogP contribution in [0, 0.1) is 11.8 Å². The van der Waals surface area contributed by atoms with Crippen molar-refractivity contribution in [2.24, 2.45) is 11.8 Å². The highest BCUT2D eigenvalue weighted by molar-refractivity contribution is 5.69. The fourth-order valence-corrected chi connectivity index (χ4v) is 2.38. The minimum atomic E-state index is -0.0398. The first-order valence-electron chi connectivity index (χ1n) is 6.36. The van der Waals surface area contributed by atoms with Crippen LogP contribution in [0.2, 0.25) is 0 Å². The van der Waals surface area contributed by atoms with Gasteiger partial charge in [-0.3, -0.25) is 4.79 Å². The largest absolute Gasteiger partial charge is 0.462 e. The molecule has 0 unspecified atom stereocenters. The Morgan fingerprint density at radius 3 is 2.33 bits per heavy atom. The molecule has 88 valence electrons. The Kier molecular flexibility index (Phi) is 5.13. The molecule has 1 saturated carbocycles. The van der Waals surface area contributed by atoms with Crippen LogP contribution >= 0.6 is 0 Å². The number of carbonyl (C=O) groups excluding carboxylic acids is 1. The zero-order chi connectivity index (χ0) is 11.3. The van der Waals surface area contributed by atoms with E-state index in [4.69, 9.17) is 4.74 Å². The molecule has 0 saturated heterocycles. The van der Waals surface area contributed by atoms with Crippen LogP contribution < -0.4 is 0 Å². The van der Waals surface area contributed by atoms with Gasteiger partial charge in [0.15, 0.2) is 0 Å². The van der Waals surface area contributed by atoms with Gasteiger partial charge in [0.1, 0.15) is 6.10 Å². The molecule has 0 aromatic heterocycles. The minimum Gasteiger partial charge on any atom is -0.462 e. The second kappa shape index (κ2) is 6.14. The van der Waals surface area contributed by atoms with Gasteiger partial charge in [0.25, 0.3) is 0 Å². The minimum absolute atomic E-state index is 0.0398. The third-order valence-corrected chi connectivity index (χ3v) is 3.75. The molecule has 0 bridgehead atoms. The zero-order valence-corrected chi connectivity index (χ0v) is 10.3. The van der Waals surface area contributed by atoms with Crippen molar-refractivity contribution in [1.29, 1.82) is 0 Å². The smallest absolute Gasteiger partial charge is 0.305 e. The lowest BCUT2D eigenvalue weighted by Crippen LogP contribution is -2.26. The fourth-order valence-electron chi connectivity index (χ4n) is 2.38. The SMILES string of the molecule is CCC(=O)OC1CCC([C@@H](C)CC)CC1. The molecular formula is C13H24O2. The molecule has 15 heavy (non-hydrogen) atoms. The topological polar surface area (TPSA) is 26.3 Å². The molecule has 1 aliphatic carbocycles. The van der Waals surface area contributed by atoms with E-state index in [0.717, 1.165) is 24.7 Å². The molecule has 1 aliphatic rings. The van der Waals surface area contributed by atoms with E-state index in [-0.39, 0.29) is 12.1 Å². The summed E-state index contributed by atoms with van der Waals surface area (Å²) >= 11 is 0. The van der Waals surface area contributed by atoms with Crippen molar-refractivity contribution < 1.29 is 9.53 Å². The summed E-state index contributed by atoms with van der Waals surface area (Å²) in [5.41, 5.74) is 0. The monoisotopic (exact) mass is 212 g/mol. The van der Waals surface area contributed by atoms with Crippen LogP contribution in [-0.4, -0.2) is 12.1 Å². The van der Waals surface area contributed by atoms with Gasteiger partial charge in [0, 0.05) is 6.42 Å². The summed E-state index contributed by atoms with van der Waals surface area (Å²) < 4.78 is 5.36. The number of esters is 1. The van der Waals surface area contributed by atoms with Crippen LogP contribution in [-0.2, 0) is 9.53 Å². The summed E-state index contributed by atoms with van der Waals surface area (Å²) in [6.45, 7) is 6.45. The van der Waals surface area contributed by atoms with E-state index in [2.05, 4.69) is 13.8 Å². The lowest BCUT2D eigenvalue weighted by Gasteiger charge is -2.31. The highest BCUT2D eigenvalue weighted by Gasteiger charge is 2.25. The van der Waals surface area contributed by atoms with Crippen LogP contribution in [0.4, 0.5) is 0 Å². The predicted octanol–water partition coefficient (Wildman–Crippen LogP) is 3.54. The van der Waals surface area contributed by atoms with Gasteiger partial charge in [-0.1, -0.05) is 27.2 Å². The first-order valence-corrected chi connectivity index (χ1v) is 6.36. The van der Waals surface area contributed by atoms with E-state index < -0.39 is 0 Å². The second-order valence-electron chi connectivity index (χ2n) is 4.77. The number of hydrogen-bond donors (Lipinski definition) is 0. The molecule has 1 fully saturated rings. The summed E-state index contributed by atoms with van der Waals surface area (Å²) in [5, 5.41) is 0. The van der Waals surface area contributed by atoms with E-state index in [1.807, 2.05) is 6.92 Å². The molecule has 0 radical (unpaired) electrons. The van der Waals surface area contributed by atoms with Gasteiger partial charge in [0.05, 0.1) is 0 Å². The van der Waals surface area contributed by atoms with Crippen molar-refractivity contribution in [3.05, 3.63) is 0 Å². The van der Waals surface area contributed by atoms with Crippen LogP contribution in [0.3, 0.4) is 0 Å².